The fraction of sp³-hybridized carbons (Fsp3) is 0.524. The monoisotopic (exact) mass is 784 g/mol. The van der Waals surface area contributed by atoms with Crippen LogP contribution < -0.4 is 10.6 Å². The quantitative estimate of drug-likeness (QED) is 0.101. The normalized spacial score (nSPS) is 19.0. The molecule has 2 fully saturated rings. The van der Waals surface area contributed by atoms with E-state index in [-0.39, 0.29) is 63.2 Å². The molecule has 0 aliphatic heterocycles. The summed E-state index contributed by atoms with van der Waals surface area (Å²) in [5.41, 5.74) is 2.78. The van der Waals surface area contributed by atoms with Gasteiger partial charge in [-0.2, -0.15) is 0 Å². The predicted octanol–water partition coefficient (Wildman–Crippen LogP) is 10.1. The van der Waals surface area contributed by atoms with Crippen LogP contribution in [0.4, 0.5) is 26.3 Å². The van der Waals surface area contributed by atoms with Crippen LogP contribution in [0.5, 0.6) is 0 Å². The number of hydrogen-bond acceptors (Lipinski definition) is 4. The molecule has 14 heteroatoms. The second-order valence-electron chi connectivity index (χ2n) is 16.9. The third-order valence-electron chi connectivity index (χ3n) is 11.5. The van der Waals surface area contributed by atoms with Crippen LogP contribution in [0.15, 0.2) is 60.9 Å². The van der Waals surface area contributed by atoms with Gasteiger partial charge in [-0.1, -0.05) is 76.2 Å². The van der Waals surface area contributed by atoms with E-state index in [1.807, 2.05) is 48.5 Å². The van der Waals surface area contributed by atoms with Crippen LogP contribution >= 0.6 is 0 Å². The predicted molar refractivity (Wildman–Crippen MR) is 202 cm³/mol. The summed E-state index contributed by atoms with van der Waals surface area (Å²) in [7, 11) is 0. The number of aromatic nitrogens is 4. The molecule has 4 N–H and O–H groups in total. The first-order chi connectivity index (χ1) is 26.4. The molecule has 4 aromatic rings. The first-order valence-corrected chi connectivity index (χ1v) is 19.2. The van der Waals surface area contributed by atoms with Gasteiger partial charge in [-0.3, -0.25) is 18.4 Å². The minimum absolute atomic E-state index is 0.0717. The van der Waals surface area contributed by atoms with Crippen LogP contribution in [0.3, 0.4) is 0 Å². The molecule has 6 rings (SSSR count). The highest BCUT2D eigenvalue weighted by Crippen LogP contribution is 2.40. The second-order valence-corrected chi connectivity index (χ2v) is 16.9. The molecule has 2 amide bonds. The number of alkyl halides is 6. The van der Waals surface area contributed by atoms with Crippen molar-refractivity contribution in [3.05, 3.63) is 72.6 Å². The summed E-state index contributed by atoms with van der Waals surface area (Å²) in [6, 6.07) is 13.8. The van der Waals surface area contributed by atoms with Crippen molar-refractivity contribution in [2.24, 2.45) is 22.7 Å². The van der Waals surface area contributed by atoms with Crippen LogP contribution in [-0.2, 0) is 9.59 Å². The number of H-pyrrole nitrogens is 2. The van der Waals surface area contributed by atoms with Gasteiger partial charge in [0.05, 0.1) is 49.2 Å². The van der Waals surface area contributed by atoms with E-state index in [9.17, 15) is 35.9 Å². The van der Waals surface area contributed by atoms with E-state index in [0.29, 0.717) is 23.0 Å². The Labute approximate surface area is 323 Å². The van der Waals surface area contributed by atoms with Gasteiger partial charge in [0.2, 0.25) is 23.7 Å². The summed E-state index contributed by atoms with van der Waals surface area (Å²) in [5.74, 6) is -6.67. The molecule has 8 nitrogen and oxygen atoms in total. The smallest absolute Gasteiger partial charge is 0.248 e. The fourth-order valence-electron chi connectivity index (χ4n) is 7.49. The standard InChI is InChI=1S/C42H50F6N6O2/c1-39(2,23-43)33(53-37(55)29-13-17-41(45,46)18-14-29)35-49-21-31(51-35)27-9-5-25(6-10-27)26-7-11-28(12-8-26)32-22-50-36(52-32)34(40(3,4)24-44)54-38(56)30-15-19-42(47,48)20-16-30/h5-12,21-22,29-30,33-34H,13-20,23-24H2,1-4H3,(H,49,51)(H,50,52)(H,53,55)(H,54,56)/t33-,34?/m1/s1. The average molecular weight is 785 g/mol. The van der Waals surface area contributed by atoms with Gasteiger partial charge < -0.3 is 20.6 Å². The molecule has 0 spiro atoms. The number of aromatic amines is 2. The van der Waals surface area contributed by atoms with E-state index in [1.165, 1.54) is 0 Å². The molecule has 2 aliphatic rings. The molecular formula is C42H50F6N6O2. The summed E-state index contributed by atoms with van der Waals surface area (Å²) >= 11 is 0. The Morgan fingerprint density at radius 1 is 0.625 bits per heavy atom. The van der Waals surface area contributed by atoms with Crippen molar-refractivity contribution < 1.29 is 35.9 Å². The fourth-order valence-corrected chi connectivity index (χ4v) is 7.49. The molecule has 2 atom stereocenters. The highest BCUT2D eigenvalue weighted by atomic mass is 19.3. The maximum absolute atomic E-state index is 14.2. The third-order valence-corrected chi connectivity index (χ3v) is 11.5. The number of halogens is 6. The molecule has 2 aliphatic carbocycles. The van der Waals surface area contributed by atoms with Crippen molar-refractivity contribution in [1.82, 2.24) is 30.6 Å². The van der Waals surface area contributed by atoms with Crippen molar-refractivity contribution in [3.63, 3.8) is 0 Å². The third kappa shape index (κ3) is 9.32. The number of rotatable bonds is 13. The maximum Gasteiger partial charge on any atom is 0.248 e. The second kappa shape index (κ2) is 16.1. The molecule has 56 heavy (non-hydrogen) atoms. The molecular weight excluding hydrogens is 734 g/mol. The van der Waals surface area contributed by atoms with E-state index in [2.05, 4.69) is 30.6 Å². The molecule has 0 saturated heterocycles. The van der Waals surface area contributed by atoms with Gasteiger partial charge in [-0.25, -0.2) is 27.5 Å². The number of amides is 2. The van der Waals surface area contributed by atoms with Crippen LogP contribution in [0.25, 0.3) is 33.6 Å². The van der Waals surface area contributed by atoms with Crippen LogP contribution in [-0.4, -0.2) is 56.9 Å². The number of benzene rings is 2. The van der Waals surface area contributed by atoms with Gasteiger partial charge in [0.1, 0.15) is 11.6 Å². The molecule has 1 unspecified atom stereocenters. The van der Waals surface area contributed by atoms with Crippen molar-refractivity contribution >= 4 is 11.8 Å². The summed E-state index contributed by atoms with van der Waals surface area (Å²) < 4.78 is 83.2. The highest BCUT2D eigenvalue weighted by Gasteiger charge is 2.42. The maximum atomic E-state index is 14.2. The SMILES string of the molecule is CC(C)(CF)C(NC(=O)C1CCC(F)(F)CC1)c1ncc(-c2ccc(-c3ccc(-c4cnc([C@@H](NC(=O)C5CCC(F)(F)CC5)C(C)(C)CF)[nH]4)cc3)cc2)[nH]1. The Morgan fingerprint density at radius 2 is 0.929 bits per heavy atom. The first kappa shape index (κ1) is 41.0. The Hall–Kier alpha value is -4.62. The van der Waals surface area contributed by atoms with E-state index < -0.39 is 59.9 Å². The van der Waals surface area contributed by atoms with Crippen molar-refractivity contribution in [2.45, 2.75) is 103 Å². The molecule has 0 radical (unpaired) electrons. The van der Waals surface area contributed by atoms with Gasteiger partial charge >= 0.3 is 0 Å². The van der Waals surface area contributed by atoms with Gasteiger partial charge in [-0.15, -0.1) is 0 Å². The van der Waals surface area contributed by atoms with Crippen LogP contribution in [0, 0.1) is 22.7 Å². The zero-order valence-electron chi connectivity index (χ0n) is 32.1. The Kier molecular flexibility index (Phi) is 11.8. The number of carbonyl (C=O) groups excluding carboxylic acids is 2. The number of nitrogens with zero attached hydrogens (tertiary/aromatic N) is 2. The lowest BCUT2D eigenvalue weighted by Crippen LogP contribution is -2.43. The lowest BCUT2D eigenvalue weighted by Gasteiger charge is -2.34. The summed E-state index contributed by atoms with van der Waals surface area (Å²) in [6.07, 6.45) is 2.14. The Balaban J connectivity index is 1.12. The largest absolute Gasteiger partial charge is 0.345 e. The van der Waals surface area contributed by atoms with Crippen molar-refractivity contribution in [2.75, 3.05) is 13.3 Å². The molecule has 0 bridgehead atoms. The molecule has 302 valence electrons. The number of nitrogens with one attached hydrogen (secondary N) is 4. The topological polar surface area (TPSA) is 116 Å². The molecule has 2 heterocycles. The van der Waals surface area contributed by atoms with Gasteiger partial charge in [0.15, 0.2) is 0 Å². The Morgan fingerprint density at radius 3 is 1.23 bits per heavy atom. The zero-order chi connectivity index (χ0) is 40.5. The minimum atomic E-state index is -2.76. The zero-order valence-corrected chi connectivity index (χ0v) is 32.1. The molecule has 2 saturated carbocycles. The van der Waals surface area contributed by atoms with E-state index >= 15 is 0 Å². The number of imidazole rings is 2. The lowest BCUT2D eigenvalue weighted by atomic mass is 9.83. The van der Waals surface area contributed by atoms with E-state index in [4.69, 9.17) is 0 Å². The summed E-state index contributed by atoms with van der Waals surface area (Å²) in [4.78, 5) is 41.7. The number of hydrogen-bond donors (Lipinski definition) is 4. The first-order valence-electron chi connectivity index (χ1n) is 19.2. The van der Waals surface area contributed by atoms with Crippen molar-refractivity contribution in [1.29, 1.82) is 0 Å². The molecule has 2 aromatic heterocycles. The van der Waals surface area contributed by atoms with Gasteiger partial charge in [0.25, 0.3) is 0 Å². The van der Waals surface area contributed by atoms with E-state index in [1.54, 1.807) is 40.1 Å². The van der Waals surface area contributed by atoms with Gasteiger partial charge in [0, 0.05) is 48.3 Å². The Bertz CT molecular complexity index is 1810. The average Bonchev–Trinajstić information content (AvgIpc) is 3.87. The van der Waals surface area contributed by atoms with Gasteiger partial charge in [-0.05, 0) is 47.9 Å². The van der Waals surface area contributed by atoms with Crippen LogP contribution in [0.2, 0.25) is 0 Å². The van der Waals surface area contributed by atoms with E-state index in [0.717, 1.165) is 22.3 Å². The minimum Gasteiger partial charge on any atom is -0.345 e. The summed E-state index contributed by atoms with van der Waals surface area (Å²) in [5, 5.41) is 5.79. The highest BCUT2D eigenvalue weighted by molar-refractivity contribution is 5.80. The molecule has 2 aromatic carbocycles. The van der Waals surface area contributed by atoms with Crippen LogP contribution in [0.1, 0.15) is 103 Å². The van der Waals surface area contributed by atoms with Crippen molar-refractivity contribution in [3.8, 4) is 33.6 Å². The number of carbonyl (C=O) groups is 2. The summed E-state index contributed by atoms with van der Waals surface area (Å²) in [6.45, 7) is 5.23. The lowest BCUT2D eigenvalue weighted by molar-refractivity contribution is -0.132.